The Bertz CT molecular complexity index is 387. The third-order valence-corrected chi connectivity index (χ3v) is 2.63. The van der Waals surface area contributed by atoms with Crippen LogP contribution < -0.4 is 5.32 Å². The lowest BCUT2D eigenvalue weighted by Gasteiger charge is -2.09. The summed E-state index contributed by atoms with van der Waals surface area (Å²) in [6, 6.07) is 7.25. The van der Waals surface area contributed by atoms with Crippen LogP contribution in [0.5, 0.6) is 0 Å². The number of anilines is 1. The van der Waals surface area contributed by atoms with Crippen molar-refractivity contribution < 1.29 is 4.74 Å². The second kappa shape index (κ2) is 7.94. The van der Waals surface area contributed by atoms with E-state index in [1.807, 2.05) is 0 Å². The van der Waals surface area contributed by atoms with Gasteiger partial charge in [0.1, 0.15) is 0 Å². The number of ether oxygens (including phenoxy) is 1. The molecule has 0 unspecified atom stereocenters. The van der Waals surface area contributed by atoms with Crippen molar-refractivity contribution in [2.24, 2.45) is 0 Å². The van der Waals surface area contributed by atoms with Gasteiger partial charge in [-0.05, 0) is 24.6 Å². The van der Waals surface area contributed by atoms with Gasteiger partial charge in [0.25, 0.3) is 0 Å². The molecule has 0 heterocycles. The number of hydrogen-bond donors (Lipinski definition) is 1. The minimum atomic E-state index is 0.601. The lowest BCUT2D eigenvalue weighted by atomic mass is 10.2. The average Bonchev–Trinajstić information content (AvgIpc) is 2.35. The molecular weight excluding hydrogens is 236 g/mol. The summed E-state index contributed by atoms with van der Waals surface area (Å²) in [6.45, 7) is 4.27. The zero-order valence-corrected chi connectivity index (χ0v) is 10.8. The maximum absolute atomic E-state index is 8.78. The van der Waals surface area contributed by atoms with Crippen molar-refractivity contribution in [2.45, 2.75) is 19.8 Å². The van der Waals surface area contributed by atoms with E-state index in [1.165, 1.54) is 0 Å². The van der Waals surface area contributed by atoms with Crippen molar-refractivity contribution >= 4 is 17.3 Å². The van der Waals surface area contributed by atoms with Crippen molar-refractivity contribution in [3.63, 3.8) is 0 Å². The van der Waals surface area contributed by atoms with E-state index < -0.39 is 0 Å². The Morgan fingerprint density at radius 2 is 2.24 bits per heavy atom. The van der Waals surface area contributed by atoms with Gasteiger partial charge in [0.2, 0.25) is 0 Å². The van der Waals surface area contributed by atoms with Crippen LogP contribution in [0.3, 0.4) is 0 Å². The van der Waals surface area contributed by atoms with Crippen molar-refractivity contribution in [2.75, 3.05) is 25.1 Å². The van der Waals surface area contributed by atoms with E-state index in [9.17, 15) is 0 Å². The van der Waals surface area contributed by atoms with Crippen LogP contribution in [0.2, 0.25) is 5.02 Å². The SMILES string of the molecule is CCCCOCCNc1cc(C#N)ccc1Cl. The van der Waals surface area contributed by atoms with E-state index in [2.05, 4.69) is 18.3 Å². The molecule has 0 saturated heterocycles. The van der Waals surface area contributed by atoms with Crippen LogP contribution in [0.4, 0.5) is 5.69 Å². The molecular formula is C13H17ClN2O. The molecule has 3 nitrogen and oxygen atoms in total. The van der Waals surface area contributed by atoms with Crippen LogP contribution >= 0.6 is 11.6 Å². The number of nitrogens with one attached hydrogen (secondary N) is 1. The van der Waals surface area contributed by atoms with Crippen molar-refractivity contribution in [3.8, 4) is 6.07 Å². The molecule has 4 heteroatoms. The molecule has 0 amide bonds. The number of unbranched alkanes of at least 4 members (excludes halogenated alkanes) is 1. The minimum absolute atomic E-state index is 0.601. The number of halogens is 1. The smallest absolute Gasteiger partial charge is 0.0992 e. The van der Waals surface area contributed by atoms with E-state index in [4.69, 9.17) is 21.6 Å². The molecule has 0 radical (unpaired) electrons. The number of hydrogen-bond acceptors (Lipinski definition) is 3. The molecule has 17 heavy (non-hydrogen) atoms. The number of nitriles is 1. The molecule has 0 aliphatic rings. The molecule has 0 saturated carbocycles. The lowest BCUT2D eigenvalue weighted by Crippen LogP contribution is -2.10. The largest absolute Gasteiger partial charge is 0.381 e. The second-order valence-corrected chi connectivity index (χ2v) is 4.11. The summed E-state index contributed by atoms with van der Waals surface area (Å²) in [6.07, 6.45) is 2.23. The van der Waals surface area contributed by atoms with Crippen molar-refractivity contribution in [3.05, 3.63) is 28.8 Å². The Morgan fingerprint density at radius 1 is 1.41 bits per heavy atom. The van der Waals surface area contributed by atoms with Crippen LogP contribution in [0.15, 0.2) is 18.2 Å². The molecule has 1 aromatic rings. The first-order valence-corrected chi connectivity index (χ1v) is 6.17. The highest BCUT2D eigenvalue weighted by atomic mass is 35.5. The van der Waals surface area contributed by atoms with Gasteiger partial charge in [-0.25, -0.2) is 0 Å². The van der Waals surface area contributed by atoms with Crippen molar-refractivity contribution in [1.82, 2.24) is 0 Å². The Kier molecular flexibility index (Phi) is 6.46. The van der Waals surface area contributed by atoms with Gasteiger partial charge in [-0.3, -0.25) is 0 Å². The molecule has 0 aliphatic carbocycles. The fraction of sp³-hybridized carbons (Fsp3) is 0.462. The van der Waals surface area contributed by atoms with Gasteiger partial charge in [0.05, 0.1) is 28.9 Å². The minimum Gasteiger partial charge on any atom is -0.381 e. The first-order chi connectivity index (χ1) is 8.27. The molecule has 0 aromatic heterocycles. The summed E-state index contributed by atoms with van der Waals surface area (Å²) in [5, 5.41) is 12.6. The average molecular weight is 253 g/mol. The first kappa shape index (κ1) is 13.8. The van der Waals surface area contributed by atoms with Gasteiger partial charge >= 0.3 is 0 Å². The summed E-state index contributed by atoms with van der Waals surface area (Å²) in [4.78, 5) is 0. The topological polar surface area (TPSA) is 45.0 Å². The molecule has 0 fully saturated rings. The second-order valence-electron chi connectivity index (χ2n) is 3.70. The summed E-state index contributed by atoms with van der Waals surface area (Å²) in [5.74, 6) is 0. The summed E-state index contributed by atoms with van der Waals surface area (Å²) >= 11 is 6.00. The summed E-state index contributed by atoms with van der Waals surface area (Å²) in [5.41, 5.74) is 1.38. The van der Waals surface area contributed by atoms with E-state index in [0.29, 0.717) is 23.7 Å². The van der Waals surface area contributed by atoms with E-state index >= 15 is 0 Å². The highest BCUT2D eigenvalue weighted by Gasteiger charge is 2.00. The molecule has 0 bridgehead atoms. The molecule has 1 rings (SSSR count). The fourth-order valence-electron chi connectivity index (χ4n) is 1.34. The van der Waals surface area contributed by atoms with E-state index in [-0.39, 0.29) is 0 Å². The Morgan fingerprint density at radius 3 is 2.94 bits per heavy atom. The van der Waals surface area contributed by atoms with Gasteiger partial charge < -0.3 is 10.1 Å². The predicted octanol–water partition coefficient (Wildman–Crippen LogP) is 3.44. The van der Waals surface area contributed by atoms with Crippen LogP contribution in [0, 0.1) is 11.3 Å². The third-order valence-electron chi connectivity index (χ3n) is 2.30. The van der Waals surface area contributed by atoms with Crippen LogP contribution in [-0.4, -0.2) is 19.8 Å². The summed E-state index contributed by atoms with van der Waals surface area (Å²) in [7, 11) is 0. The van der Waals surface area contributed by atoms with Crippen LogP contribution in [-0.2, 0) is 4.74 Å². The molecule has 0 atom stereocenters. The lowest BCUT2D eigenvalue weighted by molar-refractivity contribution is 0.141. The molecule has 0 aliphatic heterocycles. The van der Waals surface area contributed by atoms with E-state index in [1.54, 1.807) is 18.2 Å². The van der Waals surface area contributed by atoms with Crippen LogP contribution in [0.1, 0.15) is 25.3 Å². The van der Waals surface area contributed by atoms with Gasteiger partial charge in [-0.1, -0.05) is 24.9 Å². The Hall–Kier alpha value is -1.24. The van der Waals surface area contributed by atoms with E-state index in [0.717, 1.165) is 25.1 Å². The molecule has 0 spiro atoms. The first-order valence-electron chi connectivity index (χ1n) is 5.79. The third kappa shape index (κ3) is 5.08. The standard InChI is InChI=1S/C13H17ClN2O/c1-2-3-7-17-8-6-16-13-9-11(10-15)4-5-12(13)14/h4-5,9,16H,2-3,6-8H2,1H3. The van der Waals surface area contributed by atoms with Gasteiger partial charge in [-0.15, -0.1) is 0 Å². The molecule has 1 aromatic carbocycles. The van der Waals surface area contributed by atoms with Crippen molar-refractivity contribution in [1.29, 1.82) is 5.26 Å². The Balaban J connectivity index is 2.33. The quantitative estimate of drug-likeness (QED) is 0.756. The maximum atomic E-state index is 8.78. The normalized spacial score (nSPS) is 9.94. The highest BCUT2D eigenvalue weighted by molar-refractivity contribution is 6.33. The zero-order chi connectivity index (χ0) is 12.5. The van der Waals surface area contributed by atoms with Crippen LogP contribution in [0.25, 0.3) is 0 Å². The van der Waals surface area contributed by atoms with Gasteiger partial charge in [0, 0.05) is 13.2 Å². The fourth-order valence-corrected chi connectivity index (χ4v) is 1.52. The van der Waals surface area contributed by atoms with Gasteiger partial charge in [0.15, 0.2) is 0 Å². The number of benzene rings is 1. The zero-order valence-electron chi connectivity index (χ0n) is 10.0. The predicted molar refractivity (Wildman–Crippen MR) is 70.4 cm³/mol. The molecule has 92 valence electrons. The maximum Gasteiger partial charge on any atom is 0.0992 e. The highest BCUT2D eigenvalue weighted by Crippen LogP contribution is 2.22. The monoisotopic (exact) mass is 252 g/mol. The van der Waals surface area contributed by atoms with Gasteiger partial charge in [-0.2, -0.15) is 5.26 Å². The number of nitrogens with zero attached hydrogens (tertiary/aromatic N) is 1. The summed E-state index contributed by atoms with van der Waals surface area (Å²) < 4.78 is 5.42. The Labute approximate surface area is 107 Å². The molecule has 1 N–H and O–H groups in total. The number of rotatable bonds is 7.